The predicted octanol–water partition coefficient (Wildman–Crippen LogP) is 5.55. The molecule has 0 saturated heterocycles. The van der Waals surface area contributed by atoms with E-state index in [-0.39, 0.29) is 68.8 Å². The lowest BCUT2D eigenvalue weighted by atomic mass is 9.84. The molecular weight excluding hydrogens is 1340 g/mol. The number of aromatic amines is 3. The van der Waals surface area contributed by atoms with E-state index < -0.39 is 155 Å². The molecule has 1 aliphatic rings. The number of Topliss-reactive ketones (excluding diaryl/α,β-unsaturated/α-hetero) is 4. The van der Waals surface area contributed by atoms with Gasteiger partial charge in [-0.2, -0.15) is 23.5 Å². The van der Waals surface area contributed by atoms with Crippen LogP contribution in [-0.2, 0) is 94.7 Å². The fraction of sp³-hybridized carbons (Fsp3) is 0.467. The Hall–Kier alpha value is -9.68. The standard InChI is InChI=1S/C75H95N13O12S2/c1-7-11-25-68(94)88-69(47(9-3)10-4)66(92)31-52-40-101-38-48-21-15-16-22-49(48)39-102-41-62(87-71(96)45(6)26-63(89)60(34-67(76)93)83-72(52)97)75(100)86-61(27-46-19-13-12-14-20-46)74(99)85-59(32-54-37-79-43-82-54)65(91)33-56(44(5)8-2)73(98)84-58(29-51-35-80-57-24-18-17-23-55(51)57)64(90)30-50(70(77)95)28-53-36-78-42-81-53/h1,12-24,35-37,42-45,47,50,52,56,58-62,69,80H,8-11,25-34,38-41H2,2-6H3,(H2,76,93)(H2,77,95)(H,78,81)(H,79,82)(H,83,97)(H,84,98)(H,85,99)(H,86,100)(H,87,96)(H,88,94)/t44-,45+,50+,52+,56?,58-,59-,60-,61-,62+,69-/m0/s1. The van der Waals surface area contributed by atoms with E-state index in [0.717, 1.165) is 27.6 Å². The lowest BCUT2D eigenvalue weighted by Gasteiger charge is -2.28. The van der Waals surface area contributed by atoms with Crippen molar-refractivity contribution >= 4 is 105 Å². The number of ketones is 4. The predicted molar refractivity (Wildman–Crippen MR) is 390 cm³/mol. The van der Waals surface area contributed by atoms with Gasteiger partial charge in [0.1, 0.15) is 12.1 Å². The normalized spacial score (nSPS) is 18.3. The van der Waals surface area contributed by atoms with Crippen LogP contribution in [0.5, 0.6) is 0 Å². The first kappa shape index (κ1) is 79.6. The number of nitrogens with two attached hydrogens (primary N) is 2. The van der Waals surface area contributed by atoms with Crippen LogP contribution < -0.4 is 43.4 Å². The number of fused-ring (bicyclic) bond motifs is 2. The number of benzene rings is 3. The molecule has 3 aromatic heterocycles. The smallest absolute Gasteiger partial charge is 0.244 e. The molecule has 0 spiro atoms. The van der Waals surface area contributed by atoms with Gasteiger partial charge in [0.25, 0.3) is 0 Å². The van der Waals surface area contributed by atoms with E-state index in [4.69, 9.17) is 17.9 Å². The van der Waals surface area contributed by atoms with Crippen LogP contribution in [0.2, 0.25) is 0 Å². The Morgan fingerprint density at radius 1 is 0.657 bits per heavy atom. The summed E-state index contributed by atoms with van der Waals surface area (Å²) < 4.78 is 0. The molecule has 1 unspecified atom stereocenters. The number of terminal acetylenes is 1. The van der Waals surface area contributed by atoms with Crippen LogP contribution in [0.4, 0.5) is 0 Å². The van der Waals surface area contributed by atoms with Crippen LogP contribution in [0.15, 0.2) is 110 Å². The Labute approximate surface area is 602 Å². The molecule has 0 saturated carbocycles. The van der Waals surface area contributed by atoms with E-state index in [0.29, 0.717) is 47.7 Å². The zero-order valence-electron chi connectivity index (χ0n) is 58.4. The second-order valence-corrected chi connectivity index (χ2v) is 28.3. The van der Waals surface area contributed by atoms with Gasteiger partial charge in [-0.3, -0.25) is 57.5 Å². The second kappa shape index (κ2) is 40.1. The molecule has 0 radical (unpaired) electrons. The summed E-state index contributed by atoms with van der Waals surface area (Å²) in [4.78, 5) is 188. The fourth-order valence-corrected chi connectivity index (χ4v) is 14.7. The summed E-state index contributed by atoms with van der Waals surface area (Å²) in [6.45, 7) is 8.91. The first-order chi connectivity index (χ1) is 49.0. The van der Waals surface area contributed by atoms with E-state index in [1.807, 2.05) is 76.2 Å². The topological polar surface area (TPSA) is 402 Å². The number of nitrogens with one attached hydrogen (secondary N) is 9. The number of hydrogen-bond donors (Lipinski definition) is 11. The van der Waals surface area contributed by atoms with Gasteiger partial charge in [0.2, 0.25) is 47.3 Å². The molecule has 102 heavy (non-hydrogen) atoms. The lowest BCUT2D eigenvalue weighted by Crippen LogP contribution is -2.58. The first-order valence-electron chi connectivity index (χ1n) is 34.7. The molecule has 8 amide bonds. The Morgan fingerprint density at radius 3 is 1.90 bits per heavy atom. The molecule has 544 valence electrons. The van der Waals surface area contributed by atoms with E-state index in [1.165, 1.54) is 55.5 Å². The van der Waals surface area contributed by atoms with Crippen molar-refractivity contribution in [3.05, 3.63) is 144 Å². The molecule has 0 fully saturated rings. The van der Waals surface area contributed by atoms with Gasteiger partial charge in [0.05, 0.1) is 55.1 Å². The summed E-state index contributed by atoms with van der Waals surface area (Å²) in [5.41, 5.74) is 16.4. The third-order valence-electron chi connectivity index (χ3n) is 18.8. The van der Waals surface area contributed by atoms with Gasteiger partial charge < -0.3 is 58.3 Å². The molecule has 3 aromatic carbocycles. The highest BCUT2D eigenvalue weighted by Crippen LogP contribution is 2.29. The van der Waals surface area contributed by atoms with Crippen molar-refractivity contribution in [1.82, 2.24) is 56.8 Å². The zero-order chi connectivity index (χ0) is 73.8. The van der Waals surface area contributed by atoms with E-state index in [1.54, 1.807) is 36.5 Å². The molecule has 6 aromatic rings. The van der Waals surface area contributed by atoms with Crippen molar-refractivity contribution < 1.29 is 57.5 Å². The average Bonchev–Trinajstić information content (AvgIpc) is 1.42. The molecule has 1 aliphatic heterocycles. The first-order valence-corrected chi connectivity index (χ1v) is 37.0. The number of aromatic nitrogens is 5. The zero-order valence-corrected chi connectivity index (χ0v) is 60.0. The summed E-state index contributed by atoms with van der Waals surface area (Å²) in [5.74, 6) is -9.63. The Balaban J connectivity index is 1.14. The number of imidazole rings is 2. The number of primary amides is 2. The Bertz CT molecular complexity index is 3890. The van der Waals surface area contributed by atoms with Gasteiger partial charge in [0, 0.05) is 140 Å². The van der Waals surface area contributed by atoms with Crippen LogP contribution >= 0.6 is 23.5 Å². The third kappa shape index (κ3) is 24.0. The maximum atomic E-state index is 15.2. The molecular formula is C75H95N13O12S2. The number of carbonyl (C=O) groups excluding carboxylic acids is 12. The van der Waals surface area contributed by atoms with Gasteiger partial charge in [-0.05, 0) is 40.2 Å². The summed E-state index contributed by atoms with van der Waals surface area (Å²) in [5, 5.41) is 17.9. The van der Waals surface area contributed by atoms with Crippen molar-refractivity contribution in [3.63, 3.8) is 0 Å². The van der Waals surface area contributed by atoms with Crippen molar-refractivity contribution in [2.75, 3.05) is 11.5 Å². The van der Waals surface area contributed by atoms with Gasteiger partial charge in [0.15, 0.2) is 23.1 Å². The SMILES string of the molecule is C#CCCC(=O)N[C@H](C(=O)C[C@@H]1CSCc2ccccc2CSC[C@H](C(=O)N[C@@H](Cc2ccccc2)C(=O)N[C@@H](Cc2cnc[nH]2)C(=O)CC(C(=O)N[C@@H](Cc2c[nH]c3ccccc23)C(=O)C[C@@H](Cc2cnc[nH]2)C(N)=O)[C@@H](C)CC)NC(=O)[C@H](C)CC(=O)[C@H](CC(N)=O)NC1=O)C(CC)CC. The highest BCUT2D eigenvalue weighted by Gasteiger charge is 2.39. The summed E-state index contributed by atoms with van der Waals surface area (Å²) >= 11 is 2.67. The number of para-hydroxylation sites is 1. The molecule has 13 N–H and O–H groups in total. The number of thioether (sulfide) groups is 2. The summed E-state index contributed by atoms with van der Waals surface area (Å²) in [6.07, 6.45) is 12.4. The largest absolute Gasteiger partial charge is 0.370 e. The van der Waals surface area contributed by atoms with Crippen molar-refractivity contribution in [2.24, 2.45) is 47.0 Å². The maximum Gasteiger partial charge on any atom is 0.244 e. The highest BCUT2D eigenvalue weighted by atomic mass is 32.2. The third-order valence-corrected chi connectivity index (χ3v) is 21.0. The molecule has 25 nitrogen and oxygen atoms in total. The molecule has 11 atom stereocenters. The highest BCUT2D eigenvalue weighted by molar-refractivity contribution is 7.98. The summed E-state index contributed by atoms with van der Waals surface area (Å²) in [7, 11) is 0. The molecule has 7 rings (SSSR count). The van der Waals surface area contributed by atoms with Crippen LogP contribution in [0.3, 0.4) is 0 Å². The van der Waals surface area contributed by atoms with Gasteiger partial charge >= 0.3 is 0 Å². The van der Waals surface area contributed by atoms with Crippen LogP contribution in [-0.4, -0.2) is 143 Å². The number of nitrogens with zero attached hydrogens (tertiary/aromatic N) is 2. The average molecular weight is 1430 g/mol. The van der Waals surface area contributed by atoms with Gasteiger partial charge in [-0.1, -0.05) is 127 Å². The van der Waals surface area contributed by atoms with E-state index in [9.17, 15) is 43.2 Å². The van der Waals surface area contributed by atoms with Crippen molar-refractivity contribution in [2.45, 2.75) is 172 Å². The molecule has 4 heterocycles. The van der Waals surface area contributed by atoms with Crippen molar-refractivity contribution in [1.29, 1.82) is 0 Å². The number of H-pyrrole nitrogens is 3. The second-order valence-electron chi connectivity index (χ2n) is 26.3. The van der Waals surface area contributed by atoms with Crippen molar-refractivity contribution in [3.8, 4) is 12.3 Å². The Kier molecular flexibility index (Phi) is 31.3. The molecule has 0 aliphatic carbocycles. The van der Waals surface area contributed by atoms with Crippen LogP contribution in [0.1, 0.15) is 132 Å². The quantitative estimate of drug-likeness (QED) is 0.0221. The monoisotopic (exact) mass is 1430 g/mol. The van der Waals surface area contributed by atoms with Crippen LogP contribution in [0.25, 0.3) is 10.9 Å². The molecule has 27 heteroatoms. The minimum absolute atomic E-state index is 0.00314. The van der Waals surface area contributed by atoms with Gasteiger partial charge in [-0.25, -0.2) is 9.97 Å². The minimum atomic E-state index is -1.52. The number of rotatable bonds is 34. The van der Waals surface area contributed by atoms with Gasteiger partial charge in [-0.15, -0.1) is 12.3 Å². The summed E-state index contributed by atoms with van der Waals surface area (Å²) in [6, 6.07) is 16.1. The van der Waals surface area contributed by atoms with E-state index in [2.05, 4.69) is 62.7 Å². The fourth-order valence-electron chi connectivity index (χ4n) is 12.5. The van der Waals surface area contributed by atoms with Crippen LogP contribution in [0, 0.1) is 47.9 Å². The Morgan fingerprint density at radius 2 is 1.27 bits per heavy atom. The lowest BCUT2D eigenvalue weighted by molar-refractivity contribution is -0.136. The number of hydrogen-bond acceptors (Lipinski definition) is 16. The number of amides is 8. The molecule has 0 bridgehead atoms. The maximum absolute atomic E-state index is 15.2. The minimum Gasteiger partial charge on any atom is -0.370 e. The number of carbonyl (C=O) groups is 12. The van der Waals surface area contributed by atoms with E-state index >= 15 is 14.4 Å².